The topological polar surface area (TPSA) is 51.0 Å². The largest absolute Gasteiger partial charge is 0.486 e. The van der Waals surface area contributed by atoms with Gasteiger partial charge in [0.05, 0.1) is 6.54 Å². The number of nitrogens with one attached hydrogen (secondary N) is 1. The first-order valence-corrected chi connectivity index (χ1v) is 8.58. The van der Waals surface area contributed by atoms with E-state index in [4.69, 9.17) is 9.47 Å². The molecule has 6 nitrogen and oxygen atoms in total. The van der Waals surface area contributed by atoms with Gasteiger partial charge in [0, 0.05) is 39.6 Å². The van der Waals surface area contributed by atoms with Gasteiger partial charge in [-0.05, 0) is 36.2 Å². The Bertz CT molecular complexity index is 745. The van der Waals surface area contributed by atoms with Crippen LogP contribution in [0.1, 0.15) is 11.3 Å². The van der Waals surface area contributed by atoms with E-state index in [9.17, 15) is 0 Å². The summed E-state index contributed by atoms with van der Waals surface area (Å²) >= 11 is 0. The van der Waals surface area contributed by atoms with Crippen LogP contribution in [0.25, 0.3) is 0 Å². The molecule has 2 heterocycles. The molecule has 2 aromatic rings. The van der Waals surface area contributed by atoms with Crippen LogP contribution < -0.4 is 14.8 Å². The lowest BCUT2D eigenvalue weighted by Gasteiger charge is -2.22. The average Bonchev–Trinajstić information content (AvgIpc) is 3.03. The predicted molar refractivity (Wildman–Crippen MR) is 115 cm³/mol. The maximum atomic E-state index is 5.64. The number of guanidine groups is 1. The summed E-state index contributed by atoms with van der Waals surface area (Å²) in [6.07, 6.45) is 2.95. The molecule has 0 bridgehead atoms. The van der Waals surface area contributed by atoms with E-state index in [2.05, 4.69) is 57.3 Å². The first kappa shape index (κ1) is 20.4. The lowest BCUT2D eigenvalue weighted by atomic mass is 10.1. The Hall–Kier alpha value is -1.90. The lowest BCUT2D eigenvalue weighted by Crippen LogP contribution is -2.39. The third-order valence-corrected chi connectivity index (χ3v) is 4.33. The Labute approximate surface area is 172 Å². The van der Waals surface area contributed by atoms with E-state index in [1.165, 1.54) is 11.3 Å². The number of aromatic nitrogens is 1. The van der Waals surface area contributed by atoms with Crippen molar-refractivity contribution < 1.29 is 9.47 Å². The normalized spacial score (nSPS) is 13.1. The fourth-order valence-electron chi connectivity index (χ4n) is 2.93. The van der Waals surface area contributed by atoms with E-state index < -0.39 is 0 Å². The van der Waals surface area contributed by atoms with Crippen molar-refractivity contribution in [2.45, 2.75) is 13.0 Å². The summed E-state index contributed by atoms with van der Waals surface area (Å²) in [5, 5.41) is 3.42. The molecule has 26 heavy (non-hydrogen) atoms. The first-order chi connectivity index (χ1) is 12.2. The summed E-state index contributed by atoms with van der Waals surface area (Å²) in [7, 11) is 5.92. The van der Waals surface area contributed by atoms with Gasteiger partial charge in [-0.3, -0.25) is 4.99 Å². The zero-order chi connectivity index (χ0) is 17.6. The Balaban J connectivity index is 0.00000243. The molecule has 1 aliphatic heterocycles. The van der Waals surface area contributed by atoms with E-state index >= 15 is 0 Å². The number of rotatable bonds is 5. The number of halogens is 1. The molecule has 0 atom stereocenters. The monoisotopic (exact) mass is 470 g/mol. The fourth-order valence-corrected chi connectivity index (χ4v) is 2.93. The van der Waals surface area contributed by atoms with Crippen molar-refractivity contribution in [1.29, 1.82) is 0 Å². The summed E-state index contributed by atoms with van der Waals surface area (Å²) < 4.78 is 13.3. The molecule has 1 aromatic heterocycles. The van der Waals surface area contributed by atoms with Crippen molar-refractivity contribution in [3.63, 3.8) is 0 Å². The number of aryl methyl sites for hydroxylation is 1. The maximum absolute atomic E-state index is 5.64. The molecular weight excluding hydrogens is 443 g/mol. The van der Waals surface area contributed by atoms with Gasteiger partial charge in [-0.15, -0.1) is 24.0 Å². The molecule has 0 saturated heterocycles. The molecule has 0 radical (unpaired) electrons. The smallest absolute Gasteiger partial charge is 0.193 e. The molecule has 0 saturated carbocycles. The highest BCUT2D eigenvalue weighted by Crippen LogP contribution is 2.30. The first-order valence-electron chi connectivity index (χ1n) is 8.58. The molecule has 1 aliphatic rings. The third kappa shape index (κ3) is 5.06. The molecule has 0 spiro atoms. The van der Waals surface area contributed by atoms with Crippen LogP contribution in [0.3, 0.4) is 0 Å². The average molecular weight is 470 g/mol. The molecule has 142 valence electrons. The summed E-state index contributed by atoms with van der Waals surface area (Å²) in [6, 6.07) is 10.3. The predicted octanol–water partition coefficient (Wildman–Crippen LogP) is 2.66. The molecule has 0 aliphatic carbocycles. The van der Waals surface area contributed by atoms with Crippen LogP contribution in [0.2, 0.25) is 0 Å². The van der Waals surface area contributed by atoms with Crippen molar-refractivity contribution in [2.75, 3.05) is 33.9 Å². The number of aliphatic imine (C=N–C) groups is 1. The van der Waals surface area contributed by atoms with Gasteiger partial charge >= 0.3 is 0 Å². The highest BCUT2D eigenvalue weighted by atomic mass is 127. The minimum Gasteiger partial charge on any atom is -0.486 e. The van der Waals surface area contributed by atoms with Gasteiger partial charge in [0.25, 0.3) is 0 Å². The minimum absolute atomic E-state index is 0. The van der Waals surface area contributed by atoms with Crippen molar-refractivity contribution in [3.8, 4) is 11.5 Å². The quantitative estimate of drug-likeness (QED) is 0.415. The summed E-state index contributed by atoms with van der Waals surface area (Å²) in [4.78, 5) is 6.50. The van der Waals surface area contributed by atoms with Gasteiger partial charge in [-0.25, -0.2) is 0 Å². The van der Waals surface area contributed by atoms with Crippen LogP contribution in [0.5, 0.6) is 11.5 Å². The number of benzene rings is 1. The maximum Gasteiger partial charge on any atom is 0.193 e. The van der Waals surface area contributed by atoms with Crippen molar-refractivity contribution >= 4 is 29.9 Å². The number of ether oxygens (including phenoxy) is 2. The van der Waals surface area contributed by atoms with Gasteiger partial charge in [0.2, 0.25) is 0 Å². The van der Waals surface area contributed by atoms with Crippen LogP contribution in [-0.2, 0) is 20.0 Å². The molecule has 3 rings (SSSR count). The van der Waals surface area contributed by atoms with E-state index in [0.29, 0.717) is 13.2 Å². The van der Waals surface area contributed by atoms with Gasteiger partial charge in [0.1, 0.15) is 13.2 Å². The highest BCUT2D eigenvalue weighted by molar-refractivity contribution is 14.0. The van der Waals surface area contributed by atoms with E-state index in [1.54, 1.807) is 0 Å². The van der Waals surface area contributed by atoms with Crippen molar-refractivity contribution in [2.24, 2.45) is 12.0 Å². The summed E-state index contributed by atoms with van der Waals surface area (Å²) in [5.41, 5.74) is 2.47. The van der Waals surface area contributed by atoms with E-state index in [0.717, 1.165) is 37.0 Å². The molecule has 1 N–H and O–H groups in total. The second-order valence-electron chi connectivity index (χ2n) is 6.17. The minimum atomic E-state index is 0. The number of nitrogens with zero attached hydrogens (tertiary/aromatic N) is 3. The van der Waals surface area contributed by atoms with Crippen LogP contribution in [0.4, 0.5) is 0 Å². The lowest BCUT2D eigenvalue weighted by molar-refractivity contribution is 0.171. The zero-order valence-corrected chi connectivity index (χ0v) is 17.9. The Kier molecular flexibility index (Phi) is 7.62. The van der Waals surface area contributed by atoms with Crippen molar-refractivity contribution in [3.05, 3.63) is 47.8 Å². The van der Waals surface area contributed by atoms with E-state index in [1.807, 2.05) is 20.2 Å². The second-order valence-corrected chi connectivity index (χ2v) is 6.17. The third-order valence-electron chi connectivity index (χ3n) is 4.33. The molecule has 0 fully saturated rings. The standard InChI is InChI=1S/C19H26N4O2.HI/c1-20-19(23(3)14-16-5-4-10-22(16)2)21-9-8-15-6-7-17-18(13-15)25-12-11-24-17;/h4-7,10,13H,8-9,11-12,14H2,1-3H3,(H,20,21);1H. The van der Waals surface area contributed by atoms with Crippen LogP contribution >= 0.6 is 24.0 Å². The molecule has 1 aromatic carbocycles. The number of hydrogen-bond donors (Lipinski definition) is 1. The Morgan fingerprint density at radius 3 is 2.69 bits per heavy atom. The summed E-state index contributed by atoms with van der Waals surface area (Å²) in [6.45, 7) is 2.86. The summed E-state index contributed by atoms with van der Waals surface area (Å²) in [5.74, 6) is 2.56. The molecular formula is C19H27IN4O2. The van der Waals surface area contributed by atoms with Gasteiger partial charge in [0.15, 0.2) is 17.5 Å². The van der Waals surface area contributed by atoms with Crippen LogP contribution in [0.15, 0.2) is 41.5 Å². The highest BCUT2D eigenvalue weighted by Gasteiger charge is 2.12. The van der Waals surface area contributed by atoms with Crippen molar-refractivity contribution in [1.82, 2.24) is 14.8 Å². The van der Waals surface area contributed by atoms with E-state index in [-0.39, 0.29) is 24.0 Å². The van der Waals surface area contributed by atoms with Gasteiger partial charge in [-0.2, -0.15) is 0 Å². The van der Waals surface area contributed by atoms with Crippen LogP contribution in [0, 0.1) is 0 Å². The van der Waals surface area contributed by atoms with Gasteiger partial charge < -0.3 is 24.3 Å². The fraction of sp³-hybridized carbons (Fsp3) is 0.421. The number of hydrogen-bond acceptors (Lipinski definition) is 3. The molecule has 7 heteroatoms. The van der Waals surface area contributed by atoms with Crippen LogP contribution in [-0.4, -0.2) is 49.3 Å². The number of fused-ring (bicyclic) bond motifs is 1. The zero-order valence-electron chi connectivity index (χ0n) is 15.6. The molecule has 0 unspecified atom stereocenters. The Morgan fingerprint density at radius 1 is 1.23 bits per heavy atom. The second kappa shape index (κ2) is 9.70. The Morgan fingerprint density at radius 2 is 2.00 bits per heavy atom. The molecule has 0 amide bonds. The van der Waals surface area contributed by atoms with Gasteiger partial charge in [-0.1, -0.05) is 6.07 Å². The SMILES string of the molecule is CN=C(NCCc1ccc2c(c1)OCCO2)N(C)Cc1cccn1C.I.